The van der Waals surface area contributed by atoms with E-state index in [9.17, 15) is 9.59 Å². The molecule has 8 nitrogen and oxygen atoms in total. The Morgan fingerprint density at radius 1 is 1.24 bits per heavy atom. The molecule has 0 bridgehead atoms. The fraction of sp³-hybridized carbons (Fsp3) is 0.312. The highest BCUT2D eigenvalue weighted by atomic mass is 32.1. The predicted octanol–water partition coefficient (Wildman–Crippen LogP) is 1.33. The number of hydrogen-bond acceptors (Lipinski definition) is 9. The van der Waals surface area contributed by atoms with Gasteiger partial charge < -0.3 is 26.3 Å². The van der Waals surface area contributed by atoms with Crippen LogP contribution in [0.5, 0.6) is 0 Å². The number of carbonyl (C=O) groups is 2. The highest BCUT2D eigenvalue weighted by molar-refractivity contribution is 7.15. The van der Waals surface area contributed by atoms with Crippen LogP contribution in [0.3, 0.4) is 0 Å². The van der Waals surface area contributed by atoms with E-state index in [1.165, 1.54) is 11.3 Å². The van der Waals surface area contributed by atoms with Crippen LogP contribution in [0, 0.1) is 0 Å². The van der Waals surface area contributed by atoms with E-state index in [-0.39, 0.29) is 24.3 Å². The summed E-state index contributed by atoms with van der Waals surface area (Å²) in [7, 11) is 0. The molecule has 0 aliphatic carbocycles. The largest absolute Gasteiger partial charge is 0.462 e. The van der Waals surface area contributed by atoms with E-state index in [0.717, 1.165) is 5.56 Å². The summed E-state index contributed by atoms with van der Waals surface area (Å²) in [6.45, 7) is 2.22. The van der Waals surface area contributed by atoms with Crippen molar-refractivity contribution in [2.45, 2.75) is 19.6 Å². The number of nitrogens with two attached hydrogens (primary N) is 2. The number of thiophene rings is 1. The van der Waals surface area contributed by atoms with Gasteiger partial charge in [-0.15, -0.1) is 11.3 Å². The lowest BCUT2D eigenvalue weighted by Gasteiger charge is -2.10. The molecule has 0 spiro atoms. The van der Waals surface area contributed by atoms with Gasteiger partial charge in [-0.3, -0.25) is 4.98 Å². The second-order valence-electron chi connectivity index (χ2n) is 5.05. The number of rotatable bonds is 8. The lowest BCUT2D eigenvalue weighted by atomic mass is 10.2. The SMILES string of the molecule is CCOC(=O)c1c(C(=O)OCC(N)N)csc1NCc1ccncc1. The molecule has 25 heavy (non-hydrogen) atoms. The number of hydrogen-bond donors (Lipinski definition) is 3. The van der Waals surface area contributed by atoms with Gasteiger partial charge in [-0.25, -0.2) is 9.59 Å². The van der Waals surface area contributed by atoms with Crippen LogP contribution in [-0.2, 0) is 16.0 Å². The van der Waals surface area contributed by atoms with Crippen LogP contribution in [0.1, 0.15) is 33.2 Å². The smallest absolute Gasteiger partial charge is 0.342 e. The highest BCUT2D eigenvalue weighted by Crippen LogP contribution is 2.30. The quantitative estimate of drug-likeness (QED) is 0.472. The van der Waals surface area contributed by atoms with Crippen LogP contribution in [0.4, 0.5) is 5.00 Å². The zero-order chi connectivity index (χ0) is 18.2. The fourth-order valence-electron chi connectivity index (χ4n) is 1.98. The number of pyridine rings is 1. The number of ether oxygens (including phenoxy) is 2. The summed E-state index contributed by atoms with van der Waals surface area (Å²) in [4.78, 5) is 28.4. The molecular formula is C16H20N4O4S. The van der Waals surface area contributed by atoms with E-state index in [1.807, 2.05) is 12.1 Å². The third-order valence-electron chi connectivity index (χ3n) is 3.10. The number of carbonyl (C=O) groups excluding carboxylic acids is 2. The molecule has 0 saturated heterocycles. The molecule has 0 radical (unpaired) electrons. The van der Waals surface area contributed by atoms with Crippen molar-refractivity contribution in [1.29, 1.82) is 0 Å². The molecule has 0 fully saturated rings. The Balaban J connectivity index is 2.20. The Labute approximate surface area is 149 Å². The topological polar surface area (TPSA) is 130 Å². The molecule has 0 amide bonds. The lowest BCUT2D eigenvalue weighted by molar-refractivity contribution is 0.0455. The molecule has 0 aliphatic heterocycles. The molecule has 2 heterocycles. The van der Waals surface area contributed by atoms with Crippen molar-refractivity contribution in [1.82, 2.24) is 4.98 Å². The molecular weight excluding hydrogens is 344 g/mol. The van der Waals surface area contributed by atoms with Gasteiger partial charge in [0, 0.05) is 24.3 Å². The summed E-state index contributed by atoms with van der Waals surface area (Å²) >= 11 is 1.22. The molecule has 0 aromatic carbocycles. The van der Waals surface area contributed by atoms with Crippen LogP contribution < -0.4 is 16.8 Å². The summed E-state index contributed by atoms with van der Waals surface area (Å²) < 4.78 is 10.1. The molecule has 2 rings (SSSR count). The predicted molar refractivity (Wildman–Crippen MR) is 94.3 cm³/mol. The van der Waals surface area contributed by atoms with Gasteiger partial charge in [0.25, 0.3) is 0 Å². The maximum Gasteiger partial charge on any atom is 0.342 e. The van der Waals surface area contributed by atoms with Crippen molar-refractivity contribution in [2.75, 3.05) is 18.5 Å². The third kappa shape index (κ3) is 5.24. The van der Waals surface area contributed by atoms with Crippen molar-refractivity contribution in [2.24, 2.45) is 11.5 Å². The summed E-state index contributed by atoms with van der Waals surface area (Å²) in [6, 6.07) is 3.70. The monoisotopic (exact) mass is 364 g/mol. The third-order valence-corrected chi connectivity index (χ3v) is 4.04. The number of nitrogens with zero attached hydrogens (tertiary/aromatic N) is 1. The van der Waals surface area contributed by atoms with Gasteiger partial charge in [-0.2, -0.15) is 0 Å². The molecule has 0 unspecified atom stereocenters. The fourth-order valence-corrected chi connectivity index (χ4v) is 2.89. The van der Waals surface area contributed by atoms with Crippen LogP contribution in [0.25, 0.3) is 0 Å². The normalized spacial score (nSPS) is 10.6. The van der Waals surface area contributed by atoms with Gasteiger partial charge in [0.15, 0.2) is 0 Å². The van der Waals surface area contributed by atoms with Crippen molar-refractivity contribution in [3.63, 3.8) is 0 Å². The minimum Gasteiger partial charge on any atom is -0.462 e. The second kappa shape index (κ2) is 9.11. The van der Waals surface area contributed by atoms with Crippen LogP contribution in [0.2, 0.25) is 0 Å². The van der Waals surface area contributed by atoms with Crippen molar-refractivity contribution in [3.8, 4) is 0 Å². The Kier molecular flexibility index (Phi) is 6.87. The van der Waals surface area contributed by atoms with Gasteiger partial charge in [0.1, 0.15) is 17.2 Å². The summed E-state index contributed by atoms with van der Waals surface area (Å²) in [5.74, 6) is -1.26. The van der Waals surface area contributed by atoms with Gasteiger partial charge in [-0.05, 0) is 24.6 Å². The first-order valence-corrected chi connectivity index (χ1v) is 8.50. The lowest BCUT2D eigenvalue weighted by Crippen LogP contribution is -2.36. The zero-order valence-corrected chi connectivity index (χ0v) is 14.5. The Bertz CT molecular complexity index is 718. The van der Waals surface area contributed by atoms with Gasteiger partial charge >= 0.3 is 11.9 Å². The molecule has 134 valence electrons. The molecule has 0 saturated carbocycles. The average molecular weight is 364 g/mol. The van der Waals surface area contributed by atoms with Crippen molar-refractivity contribution in [3.05, 3.63) is 46.6 Å². The van der Waals surface area contributed by atoms with Crippen LogP contribution in [-0.4, -0.2) is 36.3 Å². The van der Waals surface area contributed by atoms with Gasteiger partial charge in [-0.1, -0.05) is 0 Å². The Morgan fingerprint density at radius 2 is 1.96 bits per heavy atom. The first-order valence-electron chi connectivity index (χ1n) is 7.62. The number of anilines is 1. The highest BCUT2D eigenvalue weighted by Gasteiger charge is 2.25. The van der Waals surface area contributed by atoms with E-state index in [4.69, 9.17) is 20.9 Å². The minimum absolute atomic E-state index is 0.126. The van der Waals surface area contributed by atoms with Crippen molar-refractivity contribution < 1.29 is 19.1 Å². The molecule has 2 aromatic rings. The van der Waals surface area contributed by atoms with Crippen LogP contribution in [0.15, 0.2) is 29.9 Å². The van der Waals surface area contributed by atoms with Crippen molar-refractivity contribution >= 4 is 28.3 Å². The van der Waals surface area contributed by atoms with Gasteiger partial charge in [0.2, 0.25) is 0 Å². The molecule has 0 atom stereocenters. The van der Waals surface area contributed by atoms with Crippen LogP contribution >= 0.6 is 11.3 Å². The second-order valence-corrected chi connectivity index (χ2v) is 5.92. The first-order chi connectivity index (χ1) is 12.0. The molecule has 9 heteroatoms. The first kappa shape index (κ1) is 18.8. The summed E-state index contributed by atoms with van der Waals surface area (Å²) in [5.41, 5.74) is 12.0. The number of nitrogens with one attached hydrogen (secondary N) is 1. The minimum atomic E-state index is -0.780. The Morgan fingerprint density at radius 3 is 2.60 bits per heavy atom. The van der Waals surface area contributed by atoms with E-state index in [2.05, 4.69) is 10.3 Å². The zero-order valence-electron chi connectivity index (χ0n) is 13.7. The maximum absolute atomic E-state index is 12.3. The standard InChI is InChI=1S/C16H20N4O4S/c1-2-23-16(22)13-11(15(21)24-8-12(17)18)9-25-14(13)20-7-10-3-5-19-6-4-10/h3-6,9,12,20H,2,7-8,17-18H2,1H3. The summed E-state index contributed by atoms with van der Waals surface area (Å²) in [6.07, 6.45) is 2.57. The molecule has 5 N–H and O–H groups in total. The number of esters is 2. The Hall–Kier alpha value is -2.49. The van der Waals surface area contributed by atoms with E-state index in [1.54, 1.807) is 24.7 Å². The average Bonchev–Trinajstić information content (AvgIpc) is 3.03. The van der Waals surface area contributed by atoms with E-state index >= 15 is 0 Å². The number of aromatic nitrogens is 1. The van der Waals surface area contributed by atoms with E-state index in [0.29, 0.717) is 11.5 Å². The molecule has 2 aromatic heterocycles. The summed E-state index contributed by atoms with van der Waals surface area (Å²) in [5, 5.41) is 5.22. The van der Waals surface area contributed by atoms with Gasteiger partial charge in [0.05, 0.1) is 18.3 Å². The molecule has 0 aliphatic rings. The maximum atomic E-state index is 12.3. The van der Waals surface area contributed by atoms with E-state index < -0.39 is 18.1 Å².